The number of nitrogens with one attached hydrogen (secondary N) is 1. The maximum absolute atomic E-state index is 12.9. The van der Waals surface area contributed by atoms with Gasteiger partial charge in [-0.2, -0.15) is 0 Å². The molecule has 7 heteroatoms. The van der Waals surface area contributed by atoms with Crippen LogP contribution in [0.4, 0.5) is 11.4 Å². The van der Waals surface area contributed by atoms with Crippen LogP contribution in [0.25, 0.3) is 0 Å². The first-order chi connectivity index (χ1) is 14.6. The van der Waals surface area contributed by atoms with Crippen LogP contribution in [0.5, 0.6) is 0 Å². The molecule has 0 fully saturated rings. The van der Waals surface area contributed by atoms with Crippen molar-refractivity contribution in [2.24, 2.45) is 0 Å². The highest BCUT2D eigenvalue weighted by Crippen LogP contribution is 2.24. The second-order valence-electron chi connectivity index (χ2n) is 7.80. The van der Waals surface area contributed by atoms with Crippen LogP contribution in [0.15, 0.2) is 67.0 Å². The highest BCUT2D eigenvalue weighted by molar-refractivity contribution is 7.92. The van der Waals surface area contributed by atoms with Crippen molar-refractivity contribution in [2.75, 3.05) is 15.9 Å². The standard InChI is InChI=1S/C24H27N3O3S/c1-17-13-18(2)15-23(14-17)27(31(4,29)30)19(3)24(28)26-22-7-5-20(6-8-22)16-21-9-11-25-12-10-21/h5-15,19H,16H2,1-4H3,(H,26,28)/t19-/m0/s1. The Morgan fingerprint density at radius 3 is 2.06 bits per heavy atom. The van der Waals surface area contributed by atoms with E-state index >= 15 is 0 Å². The summed E-state index contributed by atoms with van der Waals surface area (Å²) in [5, 5.41) is 2.83. The molecule has 1 aromatic heterocycles. The van der Waals surface area contributed by atoms with Crippen molar-refractivity contribution in [3.05, 3.63) is 89.2 Å². The van der Waals surface area contributed by atoms with E-state index in [1.54, 1.807) is 31.5 Å². The lowest BCUT2D eigenvalue weighted by Gasteiger charge is -2.28. The lowest BCUT2D eigenvalue weighted by atomic mass is 10.1. The fraction of sp³-hybridized carbons (Fsp3) is 0.250. The lowest BCUT2D eigenvalue weighted by molar-refractivity contribution is -0.116. The van der Waals surface area contributed by atoms with Gasteiger partial charge in [0.15, 0.2) is 0 Å². The average molecular weight is 438 g/mol. The van der Waals surface area contributed by atoms with Gasteiger partial charge >= 0.3 is 0 Å². The van der Waals surface area contributed by atoms with Crippen LogP contribution >= 0.6 is 0 Å². The molecule has 3 aromatic rings. The van der Waals surface area contributed by atoms with Crippen molar-refractivity contribution in [1.82, 2.24) is 4.98 Å². The molecule has 0 radical (unpaired) electrons. The van der Waals surface area contributed by atoms with E-state index in [1.807, 2.05) is 56.3 Å². The molecule has 3 rings (SSSR count). The van der Waals surface area contributed by atoms with Gasteiger partial charge in [-0.05, 0) is 85.8 Å². The van der Waals surface area contributed by atoms with E-state index in [0.29, 0.717) is 11.4 Å². The second-order valence-corrected chi connectivity index (χ2v) is 9.66. The van der Waals surface area contributed by atoms with Gasteiger partial charge in [0.05, 0.1) is 11.9 Å². The minimum atomic E-state index is -3.66. The monoisotopic (exact) mass is 437 g/mol. The number of nitrogens with zero attached hydrogens (tertiary/aromatic N) is 2. The van der Waals surface area contributed by atoms with E-state index in [9.17, 15) is 13.2 Å². The summed E-state index contributed by atoms with van der Waals surface area (Å²) in [5.41, 5.74) is 5.21. The number of aromatic nitrogens is 1. The minimum absolute atomic E-state index is 0.397. The van der Waals surface area contributed by atoms with E-state index in [0.717, 1.165) is 34.9 Å². The number of carbonyl (C=O) groups is 1. The number of benzene rings is 2. The van der Waals surface area contributed by atoms with Crippen LogP contribution in [-0.4, -0.2) is 31.6 Å². The molecule has 6 nitrogen and oxygen atoms in total. The Morgan fingerprint density at radius 1 is 0.968 bits per heavy atom. The minimum Gasteiger partial charge on any atom is -0.324 e. The largest absolute Gasteiger partial charge is 0.324 e. The Morgan fingerprint density at radius 2 is 1.52 bits per heavy atom. The normalized spacial score (nSPS) is 12.3. The Hall–Kier alpha value is -3.19. The van der Waals surface area contributed by atoms with Gasteiger partial charge in [-0.1, -0.05) is 18.2 Å². The molecule has 0 spiro atoms. The highest BCUT2D eigenvalue weighted by Gasteiger charge is 2.29. The van der Waals surface area contributed by atoms with Crippen molar-refractivity contribution in [3.63, 3.8) is 0 Å². The summed E-state index contributed by atoms with van der Waals surface area (Å²) in [6, 6.07) is 16.0. The summed E-state index contributed by atoms with van der Waals surface area (Å²) in [5.74, 6) is -0.397. The van der Waals surface area contributed by atoms with Crippen LogP contribution in [0.3, 0.4) is 0 Å². The fourth-order valence-corrected chi connectivity index (χ4v) is 4.73. The summed E-state index contributed by atoms with van der Waals surface area (Å²) in [4.78, 5) is 16.9. The molecule has 0 saturated heterocycles. The number of sulfonamides is 1. The highest BCUT2D eigenvalue weighted by atomic mass is 32.2. The van der Waals surface area contributed by atoms with Crippen molar-refractivity contribution in [2.45, 2.75) is 33.2 Å². The Bertz CT molecular complexity index is 1140. The van der Waals surface area contributed by atoms with Gasteiger partial charge in [0, 0.05) is 18.1 Å². The van der Waals surface area contributed by atoms with Crippen LogP contribution in [-0.2, 0) is 21.2 Å². The molecule has 1 atom stereocenters. The van der Waals surface area contributed by atoms with Gasteiger partial charge in [0.2, 0.25) is 15.9 Å². The molecule has 0 aliphatic carbocycles. The summed E-state index contributed by atoms with van der Waals surface area (Å²) >= 11 is 0. The third-order valence-electron chi connectivity index (χ3n) is 4.93. The molecule has 1 heterocycles. The molecule has 0 saturated carbocycles. The average Bonchev–Trinajstić information content (AvgIpc) is 2.68. The first-order valence-electron chi connectivity index (χ1n) is 10.00. The number of carbonyl (C=O) groups excluding carboxylic acids is 1. The number of hydrogen-bond acceptors (Lipinski definition) is 4. The molecular formula is C24H27N3O3S. The number of hydrogen-bond donors (Lipinski definition) is 1. The summed E-state index contributed by atoms with van der Waals surface area (Å²) < 4.78 is 26.2. The zero-order chi connectivity index (χ0) is 22.6. The number of pyridine rings is 1. The molecular weight excluding hydrogens is 410 g/mol. The Balaban J connectivity index is 1.76. The van der Waals surface area contributed by atoms with Crippen molar-refractivity contribution in [1.29, 1.82) is 0 Å². The fourth-order valence-electron chi connectivity index (χ4n) is 3.58. The van der Waals surface area contributed by atoms with Gasteiger partial charge < -0.3 is 5.32 Å². The van der Waals surface area contributed by atoms with Crippen molar-refractivity contribution >= 4 is 27.3 Å². The smallest absolute Gasteiger partial charge is 0.247 e. The maximum atomic E-state index is 12.9. The molecule has 0 aliphatic rings. The number of rotatable bonds is 7. The number of amides is 1. The van der Waals surface area contributed by atoms with Gasteiger partial charge in [-0.15, -0.1) is 0 Å². The van der Waals surface area contributed by atoms with Gasteiger partial charge in [0.1, 0.15) is 6.04 Å². The summed E-state index contributed by atoms with van der Waals surface area (Å²) in [6.45, 7) is 5.39. The van der Waals surface area contributed by atoms with Crippen LogP contribution in [0.2, 0.25) is 0 Å². The number of anilines is 2. The summed E-state index contributed by atoms with van der Waals surface area (Å²) in [7, 11) is -3.66. The first-order valence-corrected chi connectivity index (χ1v) is 11.8. The zero-order valence-corrected chi connectivity index (χ0v) is 19.0. The van der Waals surface area contributed by atoms with E-state index in [2.05, 4.69) is 10.3 Å². The van der Waals surface area contributed by atoms with E-state index in [4.69, 9.17) is 0 Å². The SMILES string of the molecule is Cc1cc(C)cc(N([C@@H](C)C(=O)Nc2ccc(Cc3ccncc3)cc2)S(C)(=O)=O)c1. The predicted octanol–water partition coefficient (Wildman–Crippen LogP) is 4.08. The molecule has 0 aliphatic heterocycles. The molecule has 2 aromatic carbocycles. The van der Waals surface area contributed by atoms with Gasteiger partial charge in [-0.25, -0.2) is 8.42 Å². The van der Waals surface area contributed by atoms with E-state index < -0.39 is 22.0 Å². The molecule has 1 amide bonds. The third kappa shape index (κ3) is 5.92. The molecule has 31 heavy (non-hydrogen) atoms. The van der Waals surface area contributed by atoms with Crippen LogP contribution in [0, 0.1) is 13.8 Å². The van der Waals surface area contributed by atoms with Gasteiger partial charge in [0.25, 0.3) is 0 Å². The first kappa shape index (κ1) is 22.5. The van der Waals surface area contributed by atoms with Crippen LogP contribution < -0.4 is 9.62 Å². The molecule has 0 unspecified atom stereocenters. The van der Waals surface area contributed by atoms with Gasteiger partial charge in [-0.3, -0.25) is 14.1 Å². The van der Waals surface area contributed by atoms with Crippen molar-refractivity contribution in [3.8, 4) is 0 Å². The van der Waals surface area contributed by atoms with E-state index in [-0.39, 0.29) is 0 Å². The lowest BCUT2D eigenvalue weighted by Crippen LogP contribution is -2.45. The number of aryl methyl sites for hydroxylation is 2. The quantitative estimate of drug-likeness (QED) is 0.604. The van der Waals surface area contributed by atoms with Crippen LogP contribution in [0.1, 0.15) is 29.2 Å². The third-order valence-corrected chi connectivity index (χ3v) is 6.17. The zero-order valence-electron chi connectivity index (χ0n) is 18.2. The maximum Gasteiger partial charge on any atom is 0.247 e. The molecule has 0 bridgehead atoms. The Labute approximate surface area is 184 Å². The molecule has 1 N–H and O–H groups in total. The second kappa shape index (κ2) is 9.31. The van der Waals surface area contributed by atoms with E-state index in [1.165, 1.54) is 4.31 Å². The topological polar surface area (TPSA) is 79.4 Å². The Kier molecular flexibility index (Phi) is 6.75. The summed E-state index contributed by atoms with van der Waals surface area (Å²) in [6.07, 6.45) is 5.40. The molecule has 162 valence electrons. The van der Waals surface area contributed by atoms with Crippen molar-refractivity contribution < 1.29 is 13.2 Å². The predicted molar refractivity (Wildman–Crippen MR) is 125 cm³/mol.